The van der Waals surface area contributed by atoms with Gasteiger partial charge < -0.3 is 10.2 Å². The third kappa shape index (κ3) is 3.57. The Morgan fingerprint density at radius 1 is 1.33 bits per heavy atom. The third-order valence-corrected chi connectivity index (χ3v) is 3.03. The monoisotopic (exact) mass is 267 g/mol. The third-order valence-electron chi connectivity index (χ3n) is 2.86. The maximum absolute atomic E-state index is 5.86. The predicted molar refractivity (Wildman–Crippen MR) is 74.2 cm³/mol. The molecule has 0 amide bonds. The molecule has 18 heavy (non-hydrogen) atoms. The van der Waals surface area contributed by atoms with E-state index in [1.54, 1.807) is 4.90 Å². The summed E-state index contributed by atoms with van der Waals surface area (Å²) in [6, 6.07) is 0. The second kappa shape index (κ2) is 6.00. The van der Waals surface area contributed by atoms with Crippen molar-refractivity contribution in [3.05, 3.63) is 16.9 Å². The molecule has 0 spiro atoms. The normalized spacial score (nSPS) is 14.5. The lowest BCUT2D eigenvalue weighted by Gasteiger charge is -2.11. The molecule has 0 radical (unpaired) electrons. The van der Waals surface area contributed by atoms with Crippen molar-refractivity contribution in [3.63, 3.8) is 0 Å². The van der Waals surface area contributed by atoms with Gasteiger partial charge in [0.2, 0.25) is 17.2 Å². The summed E-state index contributed by atoms with van der Waals surface area (Å²) >= 11 is 5.86. The minimum absolute atomic E-state index is 0.219. The number of allylic oxidation sites excluding steroid dienone is 1. The zero-order valence-electron chi connectivity index (χ0n) is 10.8. The van der Waals surface area contributed by atoms with Crippen LogP contribution in [0.2, 0.25) is 5.28 Å². The van der Waals surface area contributed by atoms with Crippen LogP contribution in [0.4, 0.5) is 11.9 Å². The summed E-state index contributed by atoms with van der Waals surface area (Å²) in [4.78, 5) is 14.2. The summed E-state index contributed by atoms with van der Waals surface area (Å²) in [5, 5.41) is 3.41. The van der Waals surface area contributed by atoms with Crippen LogP contribution in [0, 0.1) is 0 Å². The lowest BCUT2D eigenvalue weighted by molar-refractivity contribution is 0.856. The number of hydrogen-bond donors (Lipinski definition) is 1. The van der Waals surface area contributed by atoms with Crippen LogP contribution in [0.15, 0.2) is 11.6 Å². The van der Waals surface area contributed by atoms with Crippen molar-refractivity contribution < 1.29 is 0 Å². The number of nitrogens with one attached hydrogen (secondary N) is 1. The van der Waals surface area contributed by atoms with Crippen LogP contribution >= 0.6 is 11.6 Å². The van der Waals surface area contributed by atoms with E-state index in [0.29, 0.717) is 11.9 Å². The fraction of sp³-hybridized carbons (Fsp3) is 0.583. The summed E-state index contributed by atoms with van der Waals surface area (Å²) < 4.78 is 0. The Balaban J connectivity index is 1.92. The van der Waals surface area contributed by atoms with E-state index in [1.165, 1.54) is 24.8 Å². The van der Waals surface area contributed by atoms with Gasteiger partial charge >= 0.3 is 0 Å². The quantitative estimate of drug-likeness (QED) is 0.831. The molecule has 2 rings (SSSR count). The van der Waals surface area contributed by atoms with Crippen LogP contribution in [-0.4, -0.2) is 35.6 Å². The molecule has 0 fully saturated rings. The van der Waals surface area contributed by atoms with Gasteiger partial charge in [0.05, 0.1) is 0 Å². The zero-order chi connectivity index (χ0) is 13.0. The highest BCUT2D eigenvalue weighted by atomic mass is 35.5. The van der Waals surface area contributed by atoms with Crippen molar-refractivity contribution >= 4 is 23.5 Å². The zero-order valence-corrected chi connectivity index (χ0v) is 11.5. The number of aromatic nitrogens is 3. The lowest BCUT2D eigenvalue weighted by atomic mass is 10.2. The smallest absolute Gasteiger partial charge is 0.230 e. The van der Waals surface area contributed by atoms with Gasteiger partial charge in [0.15, 0.2) is 0 Å². The van der Waals surface area contributed by atoms with Gasteiger partial charge in [-0.2, -0.15) is 15.0 Å². The highest BCUT2D eigenvalue weighted by molar-refractivity contribution is 6.28. The summed E-state index contributed by atoms with van der Waals surface area (Å²) in [6.07, 6.45) is 7.10. The van der Waals surface area contributed by atoms with E-state index in [-0.39, 0.29) is 5.28 Å². The van der Waals surface area contributed by atoms with E-state index >= 15 is 0 Å². The van der Waals surface area contributed by atoms with Crippen LogP contribution in [0.5, 0.6) is 0 Å². The maximum atomic E-state index is 5.86. The van der Waals surface area contributed by atoms with Crippen LogP contribution in [0.3, 0.4) is 0 Å². The molecule has 1 aliphatic carbocycles. The predicted octanol–water partition coefficient (Wildman–Crippen LogP) is 2.50. The minimum Gasteiger partial charge on any atom is -0.354 e. The van der Waals surface area contributed by atoms with Crippen LogP contribution in [0.25, 0.3) is 0 Å². The lowest BCUT2D eigenvalue weighted by Crippen LogP contribution is -2.15. The molecule has 6 heteroatoms. The molecular weight excluding hydrogens is 250 g/mol. The maximum Gasteiger partial charge on any atom is 0.230 e. The molecular formula is C12H18ClN5. The highest BCUT2D eigenvalue weighted by Crippen LogP contribution is 2.20. The Labute approximate surface area is 112 Å². The first-order valence-corrected chi connectivity index (χ1v) is 6.53. The standard InChI is InChI=1S/C12H18ClN5/c1-18(2)12-16-10(13)15-11(17-12)14-8-7-9-5-3-4-6-9/h5H,3-4,6-8H2,1-2H3,(H,14,15,16,17). The molecule has 1 heterocycles. The largest absolute Gasteiger partial charge is 0.354 e. The second-order valence-corrected chi connectivity index (χ2v) is 4.89. The van der Waals surface area contributed by atoms with Crippen molar-refractivity contribution in [1.82, 2.24) is 15.0 Å². The van der Waals surface area contributed by atoms with Gasteiger partial charge in [0.25, 0.3) is 0 Å². The van der Waals surface area contributed by atoms with E-state index in [9.17, 15) is 0 Å². The number of nitrogens with zero attached hydrogens (tertiary/aromatic N) is 4. The van der Waals surface area contributed by atoms with Crippen molar-refractivity contribution in [1.29, 1.82) is 0 Å². The Bertz CT molecular complexity index is 444. The van der Waals surface area contributed by atoms with Crippen molar-refractivity contribution in [2.75, 3.05) is 30.9 Å². The molecule has 1 aliphatic rings. The minimum atomic E-state index is 0.219. The first kappa shape index (κ1) is 13.1. The van der Waals surface area contributed by atoms with E-state index in [2.05, 4.69) is 26.3 Å². The first-order chi connectivity index (χ1) is 8.65. The van der Waals surface area contributed by atoms with Crippen LogP contribution in [-0.2, 0) is 0 Å². The summed E-state index contributed by atoms with van der Waals surface area (Å²) in [5.74, 6) is 1.11. The van der Waals surface area contributed by atoms with Crippen molar-refractivity contribution in [2.24, 2.45) is 0 Å². The van der Waals surface area contributed by atoms with Gasteiger partial charge in [-0.05, 0) is 37.3 Å². The van der Waals surface area contributed by atoms with Crippen molar-refractivity contribution in [3.8, 4) is 0 Å². The van der Waals surface area contributed by atoms with Crippen LogP contribution < -0.4 is 10.2 Å². The molecule has 0 saturated carbocycles. The Hall–Kier alpha value is -1.36. The van der Waals surface area contributed by atoms with Gasteiger partial charge in [-0.3, -0.25) is 0 Å². The van der Waals surface area contributed by atoms with E-state index in [4.69, 9.17) is 11.6 Å². The van der Waals surface area contributed by atoms with Gasteiger partial charge in [0, 0.05) is 20.6 Å². The fourth-order valence-electron chi connectivity index (χ4n) is 1.92. The Morgan fingerprint density at radius 2 is 2.17 bits per heavy atom. The molecule has 1 N–H and O–H groups in total. The van der Waals surface area contributed by atoms with E-state index in [1.807, 2.05) is 14.1 Å². The first-order valence-electron chi connectivity index (χ1n) is 6.16. The summed E-state index contributed by atoms with van der Waals surface area (Å²) in [7, 11) is 3.75. The molecule has 0 bridgehead atoms. The molecule has 0 unspecified atom stereocenters. The van der Waals surface area contributed by atoms with Crippen LogP contribution in [0.1, 0.15) is 25.7 Å². The second-order valence-electron chi connectivity index (χ2n) is 4.55. The SMILES string of the molecule is CN(C)c1nc(Cl)nc(NCCC2=CCCC2)n1. The topological polar surface area (TPSA) is 53.9 Å². The average molecular weight is 268 g/mol. The molecule has 5 nitrogen and oxygen atoms in total. The number of halogens is 1. The summed E-state index contributed by atoms with van der Waals surface area (Å²) in [6.45, 7) is 0.832. The number of rotatable bonds is 5. The molecule has 0 aliphatic heterocycles. The molecule has 1 aromatic rings. The average Bonchev–Trinajstić information content (AvgIpc) is 2.81. The van der Waals surface area contributed by atoms with Gasteiger partial charge in [0.1, 0.15) is 0 Å². The Kier molecular flexibility index (Phi) is 4.36. The van der Waals surface area contributed by atoms with E-state index in [0.717, 1.165) is 13.0 Å². The molecule has 0 aromatic carbocycles. The fourth-order valence-corrected chi connectivity index (χ4v) is 2.07. The van der Waals surface area contributed by atoms with Crippen molar-refractivity contribution in [2.45, 2.75) is 25.7 Å². The number of hydrogen-bond acceptors (Lipinski definition) is 5. The molecule has 1 aromatic heterocycles. The molecule has 0 saturated heterocycles. The molecule has 98 valence electrons. The van der Waals surface area contributed by atoms with E-state index < -0.39 is 0 Å². The van der Waals surface area contributed by atoms with Gasteiger partial charge in [-0.1, -0.05) is 11.6 Å². The Morgan fingerprint density at radius 3 is 2.83 bits per heavy atom. The van der Waals surface area contributed by atoms with Gasteiger partial charge in [-0.15, -0.1) is 0 Å². The number of anilines is 2. The summed E-state index contributed by atoms with van der Waals surface area (Å²) in [5.41, 5.74) is 1.52. The highest BCUT2D eigenvalue weighted by Gasteiger charge is 2.07. The van der Waals surface area contributed by atoms with Gasteiger partial charge in [-0.25, -0.2) is 0 Å². The molecule has 0 atom stereocenters.